The summed E-state index contributed by atoms with van der Waals surface area (Å²) in [6.07, 6.45) is 0.681. The van der Waals surface area contributed by atoms with Gasteiger partial charge >= 0.3 is 0 Å². The fourth-order valence-corrected chi connectivity index (χ4v) is 1.95. The van der Waals surface area contributed by atoms with Crippen molar-refractivity contribution in [1.29, 1.82) is 0 Å². The molecule has 0 radical (unpaired) electrons. The molecular formula is C15H11FN4O5. The van der Waals surface area contributed by atoms with E-state index in [1.54, 1.807) is 6.07 Å². The van der Waals surface area contributed by atoms with E-state index in [4.69, 9.17) is 0 Å². The monoisotopic (exact) mass is 346 g/mol. The van der Waals surface area contributed by atoms with E-state index in [1.165, 1.54) is 18.2 Å². The van der Waals surface area contributed by atoms with E-state index in [9.17, 15) is 29.4 Å². The Morgan fingerprint density at radius 1 is 1.16 bits per heavy atom. The molecule has 0 spiro atoms. The molecule has 10 heteroatoms. The van der Waals surface area contributed by atoms with E-state index in [-0.39, 0.29) is 11.1 Å². The minimum atomic E-state index is -0.807. The number of hydrogen-bond donors (Lipinski definition) is 1. The highest BCUT2D eigenvalue weighted by atomic mass is 19.1. The fourth-order valence-electron chi connectivity index (χ4n) is 1.95. The number of carbonyl (C=O) groups excluding carboxylic acids is 1. The molecule has 128 valence electrons. The van der Waals surface area contributed by atoms with Gasteiger partial charge in [0.2, 0.25) is 5.91 Å². The Morgan fingerprint density at radius 3 is 2.52 bits per heavy atom. The van der Waals surface area contributed by atoms with Gasteiger partial charge in [0, 0.05) is 17.2 Å². The quantitative estimate of drug-likeness (QED) is 0.488. The summed E-state index contributed by atoms with van der Waals surface area (Å²) in [6.45, 7) is 0. The molecule has 2 rings (SSSR count). The van der Waals surface area contributed by atoms with E-state index in [1.807, 2.05) is 0 Å². The van der Waals surface area contributed by atoms with Gasteiger partial charge in [-0.1, -0.05) is 18.2 Å². The van der Waals surface area contributed by atoms with Crippen LogP contribution in [0.15, 0.2) is 47.6 Å². The minimum absolute atomic E-state index is 0.00538. The van der Waals surface area contributed by atoms with Gasteiger partial charge < -0.3 is 0 Å². The number of nitrogens with one attached hydrogen (secondary N) is 1. The lowest BCUT2D eigenvalue weighted by Crippen LogP contribution is -2.20. The van der Waals surface area contributed by atoms with E-state index in [0.717, 1.165) is 24.4 Å². The Labute approximate surface area is 140 Å². The zero-order chi connectivity index (χ0) is 18.4. The van der Waals surface area contributed by atoms with Crippen molar-refractivity contribution in [3.63, 3.8) is 0 Å². The maximum Gasteiger partial charge on any atom is 0.279 e. The van der Waals surface area contributed by atoms with Crippen LogP contribution in [0.25, 0.3) is 0 Å². The largest absolute Gasteiger partial charge is 0.279 e. The summed E-state index contributed by atoms with van der Waals surface area (Å²) in [5.74, 6) is -1.21. The number of hydrogen-bond acceptors (Lipinski definition) is 6. The Balaban J connectivity index is 2.09. The van der Waals surface area contributed by atoms with Gasteiger partial charge in [0.15, 0.2) is 0 Å². The van der Waals surface area contributed by atoms with Gasteiger partial charge in [-0.15, -0.1) is 0 Å². The number of nitro benzene ring substituents is 2. The van der Waals surface area contributed by atoms with Crippen LogP contribution in [-0.4, -0.2) is 22.0 Å². The third-order valence-electron chi connectivity index (χ3n) is 3.13. The lowest BCUT2D eigenvalue weighted by molar-refractivity contribution is -0.394. The molecular weight excluding hydrogens is 335 g/mol. The summed E-state index contributed by atoms with van der Waals surface area (Å²) in [6, 6.07) is 8.75. The highest BCUT2D eigenvalue weighted by Crippen LogP contribution is 2.24. The first kappa shape index (κ1) is 17.7. The highest BCUT2D eigenvalue weighted by Gasteiger charge is 2.20. The molecule has 25 heavy (non-hydrogen) atoms. The summed E-state index contributed by atoms with van der Waals surface area (Å²) in [5, 5.41) is 25.2. The summed E-state index contributed by atoms with van der Waals surface area (Å²) in [4.78, 5) is 31.9. The van der Waals surface area contributed by atoms with Crippen molar-refractivity contribution in [3.05, 3.63) is 79.6 Å². The van der Waals surface area contributed by atoms with E-state index >= 15 is 0 Å². The van der Waals surface area contributed by atoms with Crippen LogP contribution in [0.2, 0.25) is 0 Å². The summed E-state index contributed by atoms with van der Waals surface area (Å²) in [7, 11) is 0. The third-order valence-corrected chi connectivity index (χ3v) is 3.13. The molecule has 0 fully saturated rings. The zero-order valence-corrected chi connectivity index (χ0v) is 12.6. The first-order chi connectivity index (χ1) is 11.9. The van der Waals surface area contributed by atoms with Crippen molar-refractivity contribution in [2.45, 2.75) is 6.42 Å². The first-order valence-electron chi connectivity index (χ1n) is 6.86. The molecule has 0 saturated carbocycles. The standard InChI is InChI=1S/C15H11FN4O5/c16-13-4-2-1-3-11(13)9-17-18-15(21)7-10-5-6-12(19(22)23)8-14(10)20(24)25/h1-6,8-9H,7H2,(H,18,21). The lowest BCUT2D eigenvalue weighted by Gasteiger charge is -2.02. The molecule has 0 saturated heterocycles. The first-order valence-corrected chi connectivity index (χ1v) is 6.86. The Kier molecular flexibility index (Phi) is 5.46. The minimum Gasteiger partial charge on any atom is -0.273 e. The van der Waals surface area contributed by atoms with Crippen LogP contribution >= 0.6 is 0 Å². The smallest absolute Gasteiger partial charge is 0.273 e. The third kappa shape index (κ3) is 4.64. The van der Waals surface area contributed by atoms with Crippen LogP contribution < -0.4 is 5.43 Å². The van der Waals surface area contributed by atoms with E-state index in [2.05, 4.69) is 10.5 Å². The van der Waals surface area contributed by atoms with Crippen molar-refractivity contribution in [1.82, 2.24) is 5.43 Å². The van der Waals surface area contributed by atoms with Crippen molar-refractivity contribution < 1.29 is 19.0 Å². The van der Waals surface area contributed by atoms with Crippen LogP contribution in [0.4, 0.5) is 15.8 Å². The molecule has 1 amide bonds. The second kappa shape index (κ2) is 7.73. The molecule has 0 bridgehead atoms. The topological polar surface area (TPSA) is 128 Å². The van der Waals surface area contributed by atoms with Gasteiger partial charge in [0.05, 0.1) is 28.5 Å². The number of nitro groups is 2. The summed E-state index contributed by atoms with van der Waals surface area (Å²) >= 11 is 0. The van der Waals surface area contributed by atoms with Crippen LogP contribution in [0.5, 0.6) is 0 Å². The summed E-state index contributed by atoms with van der Waals surface area (Å²) in [5.41, 5.74) is 1.28. The predicted octanol–water partition coefficient (Wildman–Crippen LogP) is 2.33. The van der Waals surface area contributed by atoms with Gasteiger partial charge in [0.25, 0.3) is 11.4 Å². The van der Waals surface area contributed by atoms with Crippen LogP contribution in [0.3, 0.4) is 0 Å². The van der Waals surface area contributed by atoms with Crippen molar-refractivity contribution in [2.24, 2.45) is 5.10 Å². The van der Waals surface area contributed by atoms with Crippen molar-refractivity contribution >= 4 is 23.5 Å². The molecule has 0 heterocycles. The number of nitrogens with zero attached hydrogens (tertiary/aromatic N) is 3. The summed E-state index contributed by atoms with van der Waals surface area (Å²) < 4.78 is 13.4. The molecule has 0 aromatic heterocycles. The maximum atomic E-state index is 13.4. The average molecular weight is 346 g/mol. The average Bonchev–Trinajstić information content (AvgIpc) is 2.56. The molecule has 2 aromatic rings. The second-order valence-electron chi connectivity index (χ2n) is 4.82. The van der Waals surface area contributed by atoms with Crippen molar-refractivity contribution in [3.8, 4) is 0 Å². The van der Waals surface area contributed by atoms with Crippen molar-refractivity contribution in [2.75, 3.05) is 0 Å². The van der Waals surface area contributed by atoms with Gasteiger partial charge in [-0.3, -0.25) is 25.0 Å². The molecule has 2 aromatic carbocycles. The Morgan fingerprint density at radius 2 is 1.88 bits per heavy atom. The Bertz CT molecular complexity index is 869. The normalized spacial score (nSPS) is 10.6. The molecule has 0 atom stereocenters. The molecule has 9 nitrogen and oxygen atoms in total. The number of rotatable bonds is 6. The molecule has 1 N–H and O–H groups in total. The van der Waals surface area contributed by atoms with Crippen LogP contribution in [-0.2, 0) is 11.2 Å². The van der Waals surface area contributed by atoms with E-state index < -0.39 is 39.4 Å². The molecule has 0 aliphatic rings. The number of benzene rings is 2. The van der Waals surface area contributed by atoms with Gasteiger partial charge in [-0.25, -0.2) is 9.82 Å². The molecule has 0 unspecified atom stereocenters. The maximum absolute atomic E-state index is 13.4. The number of carbonyl (C=O) groups is 1. The van der Waals surface area contributed by atoms with Gasteiger partial charge in [0.1, 0.15) is 5.82 Å². The number of halogens is 1. The van der Waals surface area contributed by atoms with Gasteiger partial charge in [-0.05, 0) is 12.1 Å². The highest BCUT2D eigenvalue weighted by molar-refractivity contribution is 5.84. The molecule has 0 aliphatic carbocycles. The van der Waals surface area contributed by atoms with E-state index in [0.29, 0.717) is 0 Å². The zero-order valence-electron chi connectivity index (χ0n) is 12.6. The predicted molar refractivity (Wildman–Crippen MR) is 85.6 cm³/mol. The fraction of sp³-hybridized carbons (Fsp3) is 0.0667. The number of hydrazone groups is 1. The molecule has 0 aliphatic heterocycles. The van der Waals surface area contributed by atoms with Gasteiger partial charge in [-0.2, -0.15) is 5.10 Å². The SMILES string of the molecule is O=C(Cc1ccc([N+](=O)[O-])cc1[N+](=O)[O-])NN=Cc1ccccc1F. The van der Waals surface area contributed by atoms with Crippen LogP contribution in [0.1, 0.15) is 11.1 Å². The lowest BCUT2D eigenvalue weighted by atomic mass is 10.1. The van der Waals surface area contributed by atoms with Crippen LogP contribution in [0, 0.1) is 26.0 Å². The number of non-ortho nitro benzene ring substituents is 1. The number of amides is 1. The Hall–Kier alpha value is -3.69. The second-order valence-corrected chi connectivity index (χ2v) is 4.82.